The van der Waals surface area contributed by atoms with Gasteiger partial charge in [-0.15, -0.1) is 0 Å². The van der Waals surface area contributed by atoms with Crippen molar-refractivity contribution in [3.05, 3.63) is 53.3 Å². The summed E-state index contributed by atoms with van der Waals surface area (Å²) in [6.45, 7) is 0.362. The molecule has 0 unspecified atom stereocenters. The molecule has 8 nitrogen and oxygen atoms in total. The highest BCUT2D eigenvalue weighted by molar-refractivity contribution is 7.93. The van der Waals surface area contributed by atoms with Gasteiger partial charge in [-0.25, -0.2) is 34.4 Å². The molecule has 0 saturated carbocycles. The van der Waals surface area contributed by atoms with Crippen LogP contribution in [0.3, 0.4) is 0 Å². The van der Waals surface area contributed by atoms with Crippen LogP contribution in [0.25, 0.3) is 0 Å². The summed E-state index contributed by atoms with van der Waals surface area (Å²) < 4.78 is 93.3. The minimum Gasteiger partial charge on any atom is -0.218 e. The molecule has 1 N–H and O–H groups in total. The molecule has 2 aromatic rings. The number of rotatable bonds is 7. The normalized spacial score (nSPS) is 16.8. The van der Waals surface area contributed by atoms with Crippen LogP contribution in [-0.4, -0.2) is 55.4 Å². The summed E-state index contributed by atoms with van der Waals surface area (Å²) in [4.78, 5) is -1.74. The van der Waals surface area contributed by atoms with Crippen LogP contribution >= 0.6 is 11.6 Å². The first kappa shape index (κ1) is 25.1. The Hall–Kier alpha value is -1.57. The number of sulfone groups is 1. The third-order valence-electron chi connectivity index (χ3n) is 5.15. The summed E-state index contributed by atoms with van der Waals surface area (Å²) in [6, 6.07) is 8.05. The van der Waals surface area contributed by atoms with Crippen LogP contribution in [0, 0.1) is 11.7 Å². The summed E-state index contributed by atoms with van der Waals surface area (Å²) >= 11 is 5.95. The molecule has 176 valence electrons. The highest BCUT2D eigenvalue weighted by Gasteiger charge is 2.35. The van der Waals surface area contributed by atoms with Gasteiger partial charge in [0.2, 0.25) is 29.9 Å². The average molecular weight is 525 g/mol. The van der Waals surface area contributed by atoms with E-state index in [-0.39, 0.29) is 30.6 Å². The summed E-state index contributed by atoms with van der Waals surface area (Å²) in [7, 11) is -12.1. The third-order valence-corrected chi connectivity index (χ3v) is 9.99. The van der Waals surface area contributed by atoms with Crippen molar-refractivity contribution in [2.24, 2.45) is 5.92 Å². The highest BCUT2D eigenvalue weighted by Crippen LogP contribution is 2.33. The summed E-state index contributed by atoms with van der Waals surface area (Å²) in [6.07, 6.45) is 1.83. The number of sulfonamides is 2. The maximum atomic E-state index is 14.2. The van der Waals surface area contributed by atoms with Crippen LogP contribution in [0.4, 0.5) is 4.39 Å². The number of piperidine rings is 1. The van der Waals surface area contributed by atoms with Crippen molar-refractivity contribution in [3.63, 3.8) is 0 Å². The van der Waals surface area contributed by atoms with E-state index in [1.165, 1.54) is 18.2 Å². The number of halogens is 2. The summed E-state index contributed by atoms with van der Waals surface area (Å²) in [5, 5.41) is -0.00979. The number of benzene rings is 2. The van der Waals surface area contributed by atoms with Crippen molar-refractivity contribution in [1.82, 2.24) is 9.03 Å². The molecule has 32 heavy (non-hydrogen) atoms. The number of hydrogen-bond acceptors (Lipinski definition) is 6. The monoisotopic (exact) mass is 524 g/mol. The zero-order valence-corrected chi connectivity index (χ0v) is 20.2. The minimum absolute atomic E-state index is 0.00979. The van der Waals surface area contributed by atoms with Crippen LogP contribution in [0.15, 0.2) is 57.2 Å². The zero-order chi connectivity index (χ0) is 23.7. The second kappa shape index (κ2) is 9.35. The predicted octanol–water partition coefficient (Wildman–Crippen LogP) is 2.26. The Kier molecular flexibility index (Phi) is 7.32. The quantitative estimate of drug-likeness (QED) is 0.593. The van der Waals surface area contributed by atoms with Crippen molar-refractivity contribution in [2.45, 2.75) is 27.5 Å². The molecule has 13 heteroatoms. The van der Waals surface area contributed by atoms with Crippen molar-refractivity contribution in [1.29, 1.82) is 0 Å². The van der Waals surface area contributed by atoms with Gasteiger partial charge in [0.15, 0.2) is 0 Å². The van der Waals surface area contributed by atoms with Gasteiger partial charge in [0.1, 0.15) is 15.6 Å². The Morgan fingerprint density at radius 3 is 2.19 bits per heavy atom. The SMILES string of the molecule is CS(=O)(=O)NCC1CCN(S(=O)(=O)c2ccc(Cl)cc2S(=O)(=O)c2ccccc2F)CC1. The van der Waals surface area contributed by atoms with E-state index in [0.29, 0.717) is 12.8 Å². The first-order chi connectivity index (χ1) is 14.8. The molecule has 0 radical (unpaired) electrons. The van der Waals surface area contributed by atoms with E-state index in [9.17, 15) is 29.6 Å². The molecular formula is C19H22ClFN2O6S3. The van der Waals surface area contributed by atoms with E-state index in [0.717, 1.165) is 34.8 Å². The van der Waals surface area contributed by atoms with Crippen LogP contribution in [0.1, 0.15) is 12.8 Å². The second-order valence-electron chi connectivity index (χ2n) is 7.49. The fourth-order valence-corrected chi connectivity index (χ4v) is 7.83. The van der Waals surface area contributed by atoms with Gasteiger partial charge in [-0.2, -0.15) is 4.31 Å². The average Bonchev–Trinajstić information content (AvgIpc) is 2.72. The first-order valence-electron chi connectivity index (χ1n) is 9.56. The summed E-state index contributed by atoms with van der Waals surface area (Å²) in [5.74, 6) is -1.06. The molecule has 0 bridgehead atoms. The Morgan fingerprint density at radius 2 is 1.59 bits per heavy atom. The van der Waals surface area contributed by atoms with Gasteiger partial charge in [0, 0.05) is 24.7 Å². The van der Waals surface area contributed by atoms with Gasteiger partial charge >= 0.3 is 0 Å². The third kappa shape index (κ3) is 5.49. The molecule has 1 aliphatic heterocycles. The number of hydrogen-bond donors (Lipinski definition) is 1. The minimum atomic E-state index is -4.52. The Bertz CT molecular complexity index is 1320. The smallest absolute Gasteiger partial charge is 0.218 e. The Morgan fingerprint density at radius 1 is 0.969 bits per heavy atom. The lowest BCUT2D eigenvalue weighted by Crippen LogP contribution is -2.41. The van der Waals surface area contributed by atoms with Gasteiger partial charge in [0.25, 0.3) is 0 Å². The lowest BCUT2D eigenvalue weighted by Gasteiger charge is -2.31. The highest BCUT2D eigenvalue weighted by atomic mass is 35.5. The van der Waals surface area contributed by atoms with Crippen LogP contribution in [0.5, 0.6) is 0 Å². The van der Waals surface area contributed by atoms with Crippen molar-refractivity contribution in [3.8, 4) is 0 Å². The fourth-order valence-electron chi connectivity index (χ4n) is 3.45. The fraction of sp³-hybridized carbons (Fsp3) is 0.368. The molecule has 0 amide bonds. The molecule has 1 fully saturated rings. The van der Waals surface area contributed by atoms with Gasteiger partial charge in [-0.3, -0.25) is 0 Å². The van der Waals surface area contributed by atoms with Crippen molar-refractivity contribution < 1.29 is 29.6 Å². The topological polar surface area (TPSA) is 118 Å². The Balaban J connectivity index is 1.93. The molecule has 1 aliphatic rings. The molecule has 1 heterocycles. The maximum Gasteiger partial charge on any atom is 0.244 e. The standard InChI is InChI=1S/C19H22ClFN2O6S3/c1-30(24,25)22-13-14-8-10-23(11-9-14)32(28,29)18-7-6-15(20)12-19(18)31(26,27)17-5-3-2-4-16(17)21/h2-7,12,14,22H,8-11,13H2,1H3. The molecule has 0 aromatic heterocycles. The molecule has 2 aromatic carbocycles. The van der Waals surface area contributed by atoms with E-state index in [1.54, 1.807) is 0 Å². The van der Waals surface area contributed by atoms with Crippen molar-refractivity contribution in [2.75, 3.05) is 25.9 Å². The van der Waals surface area contributed by atoms with E-state index in [2.05, 4.69) is 4.72 Å². The predicted molar refractivity (Wildman–Crippen MR) is 118 cm³/mol. The van der Waals surface area contributed by atoms with Gasteiger partial charge < -0.3 is 0 Å². The van der Waals surface area contributed by atoms with E-state index in [1.807, 2.05) is 0 Å². The lowest BCUT2D eigenvalue weighted by molar-refractivity contribution is 0.274. The molecule has 0 aliphatic carbocycles. The Labute approximate surface area is 192 Å². The van der Waals surface area contributed by atoms with Gasteiger partial charge in [-0.05, 0) is 49.1 Å². The van der Waals surface area contributed by atoms with Gasteiger partial charge in [0.05, 0.1) is 11.2 Å². The molecule has 0 atom stereocenters. The molecule has 0 spiro atoms. The van der Waals surface area contributed by atoms with E-state index in [4.69, 9.17) is 11.6 Å². The molecule has 1 saturated heterocycles. The number of nitrogens with zero attached hydrogens (tertiary/aromatic N) is 1. The molecular weight excluding hydrogens is 503 g/mol. The maximum absolute atomic E-state index is 14.2. The van der Waals surface area contributed by atoms with Crippen LogP contribution in [-0.2, 0) is 29.9 Å². The van der Waals surface area contributed by atoms with E-state index < -0.39 is 50.4 Å². The second-order valence-corrected chi connectivity index (χ2v) is 13.6. The van der Waals surface area contributed by atoms with E-state index >= 15 is 0 Å². The first-order valence-corrected chi connectivity index (χ1v) is 14.8. The van der Waals surface area contributed by atoms with Crippen molar-refractivity contribution >= 4 is 41.5 Å². The summed E-state index contributed by atoms with van der Waals surface area (Å²) in [5.41, 5.74) is 0. The number of nitrogens with one attached hydrogen (secondary N) is 1. The molecule has 3 rings (SSSR count). The van der Waals surface area contributed by atoms with Crippen LogP contribution < -0.4 is 4.72 Å². The van der Waals surface area contributed by atoms with Gasteiger partial charge in [-0.1, -0.05) is 23.7 Å². The largest absolute Gasteiger partial charge is 0.244 e. The lowest BCUT2D eigenvalue weighted by atomic mass is 9.99. The zero-order valence-electron chi connectivity index (χ0n) is 17.0. The van der Waals surface area contributed by atoms with Crippen LogP contribution in [0.2, 0.25) is 5.02 Å².